The van der Waals surface area contributed by atoms with E-state index in [1.807, 2.05) is 38.2 Å². The van der Waals surface area contributed by atoms with E-state index in [1.165, 1.54) is 17.2 Å². The van der Waals surface area contributed by atoms with Crippen molar-refractivity contribution in [2.45, 2.75) is 59.2 Å². The van der Waals surface area contributed by atoms with Gasteiger partial charge < -0.3 is 14.6 Å². The zero-order chi connectivity index (χ0) is 24.7. The van der Waals surface area contributed by atoms with E-state index in [-0.39, 0.29) is 18.3 Å². The van der Waals surface area contributed by atoms with Crippen LogP contribution in [0, 0.1) is 37.3 Å². The second-order valence-corrected chi connectivity index (χ2v) is 10.3. The Bertz CT molecular complexity index is 1230. The van der Waals surface area contributed by atoms with Crippen molar-refractivity contribution >= 4 is 0 Å². The summed E-state index contributed by atoms with van der Waals surface area (Å²) < 4.78 is 41.3. The molecule has 35 heavy (non-hydrogen) atoms. The predicted octanol–water partition coefficient (Wildman–Crippen LogP) is 6.11. The van der Waals surface area contributed by atoms with Crippen molar-refractivity contribution in [3.8, 4) is 22.8 Å². The topological polar surface area (TPSA) is 51.6 Å². The summed E-state index contributed by atoms with van der Waals surface area (Å²) in [7, 11) is 0. The van der Waals surface area contributed by atoms with Crippen LogP contribution in [0.15, 0.2) is 36.5 Å². The lowest BCUT2D eigenvalue weighted by Gasteiger charge is -2.31. The van der Waals surface area contributed by atoms with Crippen molar-refractivity contribution in [2.24, 2.45) is 11.8 Å². The van der Waals surface area contributed by atoms with Crippen LogP contribution in [-0.2, 0) is 19.4 Å². The van der Waals surface area contributed by atoms with Crippen molar-refractivity contribution in [3.63, 3.8) is 0 Å². The highest BCUT2D eigenvalue weighted by Crippen LogP contribution is 2.35. The van der Waals surface area contributed by atoms with Gasteiger partial charge in [-0.05, 0) is 97.4 Å². The highest BCUT2D eigenvalue weighted by Gasteiger charge is 2.27. The fraction of sp³-hybridized carbons (Fsp3) is 0.414. The Morgan fingerprint density at radius 2 is 1.66 bits per heavy atom. The molecule has 5 rings (SSSR count). The third-order valence-corrected chi connectivity index (χ3v) is 7.18. The number of hydrogen-bond acceptors (Lipinski definition) is 4. The highest BCUT2D eigenvalue weighted by molar-refractivity contribution is 5.73. The number of hydrogen-bond donors (Lipinski definition) is 1. The average Bonchev–Trinajstić information content (AvgIpc) is 3.15. The molecule has 1 fully saturated rings. The first-order valence-electron chi connectivity index (χ1n) is 12.3. The molecule has 1 unspecified atom stereocenters. The Morgan fingerprint density at radius 1 is 0.943 bits per heavy atom. The maximum absolute atomic E-state index is 14.9. The molecule has 2 aliphatic carbocycles. The predicted molar refractivity (Wildman–Crippen MR) is 131 cm³/mol. The highest BCUT2D eigenvalue weighted by atomic mass is 19.1. The van der Waals surface area contributed by atoms with Crippen LogP contribution < -0.4 is 9.47 Å². The lowest BCUT2D eigenvalue weighted by atomic mass is 9.83. The number of halogens is 2. The van der Waals surface area contributed by atoms with Crippen LogP contribution in [0.3, 0.4) is 0 Å². The lowest BCUT2D eigenvalue weighted by molar-refractivity contribution is 0.0203. The number of aliphatic hydroxyl groups excluding tert-OH is 1. The summed E-state index contributed by atoms with van der Waals surface area (Å²) in [6, 6.07) is 8.15. The minimum Gasteiger partial charge on any atom is -0.493 e. The summed E-state index contributed by atoms with van der Waals surface area (Å²) in [4.78, 5) is 4.36. The van der Waals surface area contributed by atoms with Gasteiger partial charge in [0.2, 0.25) is 5.88 Å². The molecule has 0 radical (unpaired) electrons. The summed E-state index contributed by atoms with van der Waals surface area (Å²) in [5, 5.41) is 9.45. The largest absolute Gasteiger partial charge is 0.493 e. The van der Waals surface area contributed by atoms with Gasteiger partial charge in [-0.15, -0.1) is 0 Å². The van der Waals surface area contributed by atoms with Gasteiger partial charge in [-0.3, -0.25) is 0 Å². The zero-order valence-electron chi connectivity index (χ0n) is 20.4. The summed E-state index contributed by atoms with van der Waals surface area (Å²) in [6.07, 6.45) is 5.17. The molecule has 1 N–H and O–H groups in total. The molecule has 0 amide bonds. The first-order valence-corrected chi connectivity index (χ1v) is 12.3. The van der Waals surface area contributed by atoms with E-state index in [0.717, 1.165) is 48.4 Å². The molecule has 1 aromatic heterocycles. The lowest BCUT2D eigenvalue weighted by Crippen LogP contribution is -2.32. The molecule has 0 bridgehead atoms. The molecule has 2 aliphatic rings. The molecule has 184 valence electrons. The quantitative estimate of drug-likeness (QED) is 0.444. The SMILES string of the molecule is Cc1cc(OCC2CC(O)C2)cc(C)c1-c1cc(COc2cc3c(cn2)CC(C)C3)c(F)cc1F. The maximum Gasteiger partial charge on any atom is 0.213 e. The third kappa shape index (κ3) is 5.03. The van der Waals surface area contributed by atoms with Gasteiger partial charge in [0.1, 0.15) is 24.0 Å². The van der Waals surface area contributed by atoms with Crippen molar-refractivity contribution in [1.82, 2.24) is 4.98 Å². The minimum absolute atomic E-state index is 0.0347. The second-order valence-electron chi connectivity index (χ2n) is 10.3. The van der Waals surface area contributed by atoms with Crippen molar-refractivity contribution in [2.75, 3.05) is 6.61 Å². The van der Waals surface area contributed by atoms with E-state index in [0.29, 0.717) is 35.6 Å². The smallest absolute Gasteiger partial charge is 0.213 e. The number of ether oxygens (including phenoxy) is 2. The van der Waals surface area contributed by atoms with E-state index in [2.05, 4.69) is 11.9 Å². The molecular formula is C29H31F2NO3. The molecule has 1 heterocycles. The number of pyridine rings is 1. The van der Waals surface area contributed by atoms with E-state index in [9.17, 15) is 13.9 Å². The van der Waals surface area contributed by atoms with Crippen LogP contribution in [0.25, 0.3) is 11.1 Å². The molecule has 3 aromatic rings. The number of nitrogens with zero attached hydrogens (tertiary/aromatic N) is 1. The molecule has 0 spiro atoms. The molecule has 6 heteroatoms. The summed E-state index contributed by atoms with van der Waals surface area (Å²) in [6.45, 7) is 6.52. The van der Waals surface area contributed by atoms with Gasteiger partial charge in [0, 0.05) is 29.5 Å². The second kappa shape index (κ2) is 9.57. The third-order valence-electron chi connectivity index (χ3n) is 7.18. The fourth-order valence-electron chi connectivity index (χ4n) is 5.31. The van der Waals surface area contributed by atoms with Gasteiger partial charge >= 0.3 is 0 Å². The molecule has 0 saturated heterocycles. The van der Waals surface area contributed by atoms with Crippen LogP contribution in [0.5, 0.6) is 11.6 Å². The van der Waals surface area contributed by atoms with Crippen LogP contribution in [-0.4, -0.2) is 22.8 Å². The minimum atomic E-state index is -0.640. The molecule has 4 nitrogen and oxygen atoms in total. The number of benzene rings is 2. The monoisotopic (exact) mass is 479 g/mol. The Labute approximate surface area is 204 Å². The summed E-state index contributed by atoms with van der Waals surface area (Å²) >= 11 is 0. The molecule has 1 saturated carbocycles. The number of aromatic nitrogens is 1. The molecule has 2 aromatic carbocycles. The van der Waals surface area contributed by atoms with E-state index < -0.39 is 11.6 Å². The van der Waals surface area contributed by atoms with Gasteiger partial charge in [0.25, 0.3) is 0 Å². The normalized spacial score (nSPS) is 20.9. The summed E-state index contributed by atoms with van der Waals surface area (Å²) in [5.74, 6) is 0.877. The molecule has 1 atom stereocenters. The number of aryl methyl sites for hydroxylation is 2. The Kier molecular flexibility index (Phi) is 6.49. The van der Waals surface area contributed by atoms with Gasteiger partial charge in [-0.1, -0.05) is 6.92 Å². The maximum atomic E-state index is 14.9. The van der Waals surface area contributed by atoms with E-state index >= 15 is 0 Å². The molecule has 0 aliphatic heterocycles. The van der Waals surface area contributed by atoms with E-state index in [4.69, 9.17) is 9.47 Å². The van der Waals surface area contributed by atoms with Crippen LogP contribution >= 0.6 is 0 Å². The van der Waals surface area contributed by atoms with Crippen molar-refractivity contribution < 1.29 is 23.4 Å². The Morgan fingerprint density at radius 3 is 2.37 bits per heavy atom. The summed E-state index contributed by atoms with van der Waals surface area (Å²) in [5.41, 5.74) is 5.50. The standard InChI is InChI=1S/C29H31F2NO3/c1-16-4-20-11-28(32-13-21(20)5-16)35-15-22-10-25(27(31)12-26(22)30)29-17(2)6-24(7-18(29)3)34-14-19-8-23(33)9-19/h6-7,10-13,16,19,23,33H,4-5,8-9,14-15H2,1-3H3. The van der Waals surface area contributed by atoms with Gasteiger partial charge in [-0.2, -0.15) is 0 Å². The van der Waals surface area contributed by atoms with E-state index in [1.54, 1.807) is 0 Å². The Balaban J connectivity index is 1.34. The van der Waals surface area contributed by atoms with Crippen LogP contribution in [0.2, 0.25) is 0 Å². The van der Waals surface area contributed by atoms with Gasteiger partial charge in [0.05, 0.1) is 12.7 Å². The van der Waals surface area contributed by atoms with Crippen LogP contribution in [0.4, 0.5) is 8.78 Å². The Hall–Kier alpha value is -2.99. The van der Waals surface area contributed by atoms with Gasteiger partial charge in [-0.25, -0.2) is 13.8 Å². The van der Waals surface area contributed by atoms with Crippen LogP contribution in [0.1, 0.15) is 47.6 Å². The number of fused-ring (bicyclic) bond motifs is 1. The first kappa shape index (κ1) is 23.7. The average molecular weight is 480 g/mol. The number of aliphatic hydroxyl groups is 1. The first-order chi connectivity index (χ1) is 16.8. The fourth-order valence-corrected chi connectivity index (χ4v) is 5.31. The zero-order valence-corrected chi connectivity index (χ0v) is 20.4. The van der Waals surface area contributed by atoms with Crippen molar-refractivity contribution in [1.29, 1.82) is 0 Å². The van der Waals surface area contributed by atoms with Crippen molar-refractivity contribution in [3.05, 3.63) is 76.0 Å². The number of rotatable bonds is 7. The van der Waals surface area contributed by atoms with Gasteiger partial charge in [0.15, 0.2) is 0 Å². The molecular weight excluding hydrogens is 448 g/mol.